The number of phenolic OH excluding ortho intramolecular Hbond substituents is 1. The molecule has 0 saturated carbocycles. The fourth-order valence-corrected chi connectivity index (χ4v) is 2.80. The van der Waals surface area contributed by atoms with Crippen molar-refractivity contribution in [3.05, 3.63) is 42.5 Å². The summed E-state index contributed by atoms with van der Waals surface area (Å²) in [7, 11) is -3.79. The number of benzene rings is 2. The van der Waals surface area contributed by atoms with Gasteiger partial charge in [0.1, 0.15) is 5.75 Å². The van der Waals surface area contributed by atoms with Crippen molar-refractivity contribution in [3.8, 4) is 5.75 Å². The van der Waals surface area contributed by atoms with Crippen LogP contribution in [0.2, 0.25) is 0 Å². The number of amides is 1. The van der Waals surface area contributed by atoms with E-state index < -0.39 is 10.0 Å². The van der Waals surface area contributed by atoms with Crippen LogP contribution in [-0.4, -0.2) is 19.4 Å². The fourth-order valence-electron chi connectivity index (χ4n) is 1.75. The molecule has 0 aliphatic carbocycles. The van der Waals surface area contributed by atoms with Crippen LogP contribution in [0.15, 0.2) is 47.4 Å². The third-order valence-corrected chi connectivity index (χ3v) is 4.16. The molecule has 7 nitrogen and oxygen atoms in total. The zero-order chi connectivity index (χ0) is 16.3. The smallest absolute Gasteiger partial charge is 0.261 e. The highest BCUT2D eigenvalue weighted by Crippen LogP contribution is 2.25. The Morgan fingerprint density at radius 3 is 2.23 bits per heavy atom. The minimum Gasteiger partial charge on any atom is -0.506 e. The van der Waals surface area contributed by atoms with Crippen molar-refractivity contribution in [2.75, 3.05) is 15.8 Å². The van der Waals surface area contributed by atoms with Gasteiger partial charge in [-0.2, -0.15) is 0 Å². The lowest BCUT2D eigenvalue weighted by atomic mass is 10.3. The Morgan fingerprint density at radius 2 is 1.68 bits per heavy atom. The molecule has 0 aromatic heterocycles. The molecule has 8 heteroatoms. The highest BCUT2D eigenvalue weighted by molar-refractivity contribution is 7.92. The van der Waals surface area contributed by atoms with Gasteiger partial charge in [-0.1, -0.05) is 0 Å². The Kier molecular flexibility index (Phi) is 4.22. The molecule has 0 saturated heterocycles. The third kappa shape index (κ3) is 3.67. The van der Waals surface area contributed by atoms with Gasteiger partial charge in [0.25, 0.3) is 10.0 Å². The van der Waals surface area contributed by atoms with Crippen molar-refractivity contribution >= 4 is 33.0 Å². The van der Waals surface area contributed by atoms with Gasteiger partial charge in [-0.25, -0.2) is 8.42 Å². The first-order valence-corrected chi connectivity index (χ1v) is 7.75. The Bertz CT molecular complexity index is 801. The van der Waals surface area contributed by atoms with E-state index in [9.17, 15) is 18.3 Å². The number of phenols is 1. The van der Waals surface area contributed by atoms with E-state index >= 15 is 0 Å². The number of nitrogen functional groups attached to an aromatic ring is 1. The van der Waals surface area contributed by atoms with Gasteiger partial charge in [0.2, 0.25) is 5.91 Å². The molecule has 5 N–H and O–H groups in total. The van der Waals surface area contributed by atoms with Gasteiger partial charge in [-0.05, 0) is 42.5 Å². The summed E-state index contributed by atoms with van der Waals surface area (Å²) in [5.74, 6) is -0.365. The lowest BCUT2D eigenvalue weighted by Crippen LogP contribution is -2.13. The minimum absolute atomic E-state index is 0.0354. The molecule has 116 valence electrons. The first-order chi connectivity index (χ1) is 10.3. The summed E-state index contributed by atoms with van der Waals surface area (Å²) >= 11 is 0. The van der Waals surface area contributed by atoms with Crippen molar-refractivity contribution < 1.29 is 18.3 Å². The number of carbonyl (C=O) groups is 1. The van der Waals surface area contributed by atoms with Gasteiger partial charge >= 0.3 is 0 Å². The van der Waals surface area contributed by atoms with Crippen molar-refractivity contribution in [2.24, 2.45) is 0 Å². The Labute approximate surface area is 127 Å². The summed E-state index contributed by atoms with van der Waals surface area (Å²) in [5.41, 5.74) is 6.33. The molecule has 0 radical (unpaired) electrons. The van der Waals surface area contributed by atoms with Gasteiger partial charge in [-0.15, -0.1) is 0 Å². The van der Waals surface area contributed by atoms with E-state index in [1.807, 2.05) is 0 Å². The zero-order valence-corrected chi connectivity index (χ0v) is 12.5. The van der Waals surface area contributed by atoms with E-state index in [4.69, 9.17) is 5.73 Å². The monoisotopic (exact) mass is 321 g/mol. The van der Waals surface area contributed by atoms with Crippen LogP contribution in [0.3, 0.4) is 0 Å². The zero-order valence-electron chi connectivity index (χ0n) is 11.7. The number of carbonyl (C=O) groups excluding carboxylic acids is 1. The van der Waals surface area contributed by atoms with Crippen LogP contribution in [0.1, 0.15) is 6.92 Å². The molecule has 1 amide bonds. The van der Waals surface area contributed by atoms with Gasteiger partial charge in [-0.3, -0.25) is 9.52 Å². The maximum Gasteiger partial charge on any atom is 0.261 e. The summed E-state index contributed by atoms with van der Waals surface area (Å²) in [6.45, 7) is 1.36. The van der Waals surface area contributed by atoms with Gasteiger partial charge in [0, 0.05) is 12.6 Å². The van der Waals surface area contributed by atoms with Gasteiger partial charge in [0.15, 0.2) is 0 Å². The van der Waals surface area contributed by atoms with E-state index in [0.717, 1.165) is 0 Å². The number of aromatic hydroxyl groups is 1. The van der Waals surface area contributed by atoms with Crippen LogP contribution in [-0.2, 0) is 14.8 Å². The Hall–Kier alpha value is -2.74. The summed E-state index contributed by atoms with van der Waals surface area (Å²) in [6.07, 6.45) is 0. The minimum atomic E-state index is -3.79. The number of hydrogen-bond donors (Lipinski definition) is 4. The molecular weight excluding hydrogens is 306 g/mol. The molecule has 0 aliphatic rings. The van der Waals surface area contributed by atoms with Crippen LogP contribution >= 0.6 is 0 Å². The predicted molar refractivity (Wildman–Crippen MR) is 84.1 cm³/mol. The van der Waals surface area contributed by atoms with E-state index in [2.05, 4.69) is 10.0 Å². The van der Waals surface area contributed by atoms with Crippen LogP contribution in [0.5, 0.6) is 5.75 Å². The maximum atomic E-state index is 12.2. The van der Waals surface area contributed by atoms with Crippen LogP contribution in [0, 0.1) is 0 Å². The molecule has 0 heterocycles. The van der Waals surface area contributed by atoms with E-state index in [-0.39, 0.29) is 27.9 Å². The molecule has 0 unspecified atom stereocenters. The number of hydrogen-bond acceptors (Lipinski definition) is 5. The van der Waals surface area contributed by atoms with Crippen molar-refractivity contribution in [1.82, 2.24) is 0 Å². The summed E-state index contributed by atoms with van der Waals surface area (Å²) in [4.78, 5) is 11.0. The average molecular weight is 321 g/mol. The van der Waals surface area contributed by atoms with Gasteiger partial charge < -0.3 is 16.2 Å². The standard InChI is InChI=1S/C14H15N3O4S/c1-9(18)16-10-2-5-12(6-3-10)22(20,21)17-11-4-7-14(19)13(15)8-11/h2-8,17,19H,15H2,1H3,(H,16,18). The summed E-state index contributed by atoms with van der Waals surface area (Å²) in [5, 5.41) is 11.9. The number of anilines is 3. The predicted octanol–water partition coefficient (Wildman–Crippen LogP) is 1.73. The third-order valence-electron chi connectivity index (χ3n) is 2.76. The molecule has 2 rings (SSSR count). The number of nitrogens with two attached hydrogens (primary N) is 1. The average Bonchev–Trinajstić information content (AvgIpc) is 2.42. The fraction of sp³-hybridized carbons (Fsp3) is 0.0714. The molecule has 0 bridgehead atoms. The molecule has 0 fully saturated rings. The molecule has 22 heavy (non-hydrogen) atoms. The lowest BCUT2D eigenvalue weighted by Gasteiger charge is -2.10. The van der Waals surface area contributed by atoms with Crippen LogP contribution in [0.4, 0.5) is 17.1 Å². The molecule has 0 atom stereocenters. The van der Waals surface area contributed by atoms with Gasteiger partial charge in [0.05, 0.1) is 16.3 Å². The summed E-state index contributed by atoms with van der Waals surface area (Å²) in [6, 6.07) is 9.73. The van der Waals surface area contributed by atoms with Crippen LogP contribution in [0.25, 0.3) is 0 Å². The van der Waals surface area contributed by atoms with E-state index in [1.165, 1.54) is 49.4 Å². The molecular formula is C14H15N3O4S. The Morgan fingerprint density at radius 1 is 1.09 bits per heavy atom. The SMILES string of the molecule is CC(=O)Nc1ccc(S(=O)(=O)Nc2ccc(O)c(N)c2)cc1. The molecule has 2 aromatic rings. The van der Waals surface area contributed by atoms with Crippen molar-refractivity contribution in [1.29, 1.82) is 0 Å². The largest absolute Gasteiger partial charge is 0.506 e. The first-order valence-electron chi connectivity index (χ1n) is 6.27. The highest BCUT2D eigenvalue weighted by Gasteiger charge is 2.14. The second-order valence-corrected chi connectivity index (χ2v) is 6.27. The van der Waals surface area contributed by atoms with E-state index in [1.54, 1.807) is 0 Å². The Balaban J connectivity index is 2.22. The van der Waals surface area contributed by atoms with E-state index in [0.29, 0.717) is 5.69 Å². The topological polar surface area (TPSA) is 122 Å². The first kappa shape index (κ1) is 15.6. The molecule has 2 aromatic carbocycles. The molecule has 0 aliphatic heterocycles. The second kappa shape index (κ2) is 5.94. The second-order valence-electron chi connectivity index (χ2n) is 4.58. The maximum absolute atomic E-state index is 12.2. The normalized spacial score (nSPS) is 11.0. The highest BCUT2D eigenvalue weighted by atomic mass is 32.2. The van der Waals surface area contributed by atoms with Crippen molar-refractivity contribution in [3.63, 3.8) is 0 Å². The number of rotatable bonds is 4. The summed E-state index contributed by atoms with van der Waals surface area (Å²) < 4.78 is 26.8. The van der Waals surface area contributed by atoms with Crippen LogP contribution < -0.4 is 15.8 Å². The molecule has 0 spiro atoms. The number of nitrogens with one attached hydrogen (secondary N) is 2. The number of sulfonamides is 1. The quantitative estimate of drug-likeness (QED) is 0.388. The lowest BCUT2D eigenvalue weighted by molar-refractivity contribution is -0.114. The van der Waals surface area contributed by atoms with Crippen molar-refractivity contribution in [2.45, 2.75) is 11.8 Å².